The van der Waals surface area contributed by atoms with E-state index in [0.29, 0.717) is 0 Å². The highest BCUT2D eigenvalue weighted by Crippen LogP contribution is 2.32. The largest absolute Gasteiger partial charge is 0.386 e. The average molecular weight is 149 g/mol. The van der Waals surface area contributed by atoms with Crippen LogP contribution in [0, 0.1) is 0 Å². The number of nitrogens with one attached hydrogen (secondary N) is 1. The smallest absolute Gasteiger partial charge is 0.101 e. The van der Waals surface area contributed by atoms with Crippen LogP contribution in [0.5, 0.6) is 0 Å². The maximum atomic E-state index is 9.59. The van der Waals surface area contributed by atoms with E-state index in [4.69, 9.17) is 0 Å². The Kier molecular flexibility index (Phi) is 1.36. The van der Waals surface area contributed by atoms with Gasteiger partial charge in [0.15, 0.2) is 0 Å². The van der Waals surface area contributed by atoms with Crippen LogP contribution in [0.4, 0.5) is 5.69 Å². The predicted octanol–water partition coefficient (Wildman–Crippen LogP) is 1.53. The monoisotopic (exact) mass is 149 g/mol. The summed E-state index contributed by atoms with van der Waals surface area (Å²) in [6.07, 6.45) is -0.341. The number of para-hydroxylation sites is 1. The Balaban J connectivity index is 2.47. The lowest BCUT2D eigenvalue weighted by atomic mass is 10.1. The molecule has 0 fully saturated rings. The summed E-state index contributed by atoms with van der Waals surface area (Å²) in [6.45, 7) is 1.98. The van der Waals surface area contributed by atoms with Gasteiger partial charge in [0.2, 0.25) is 0 Å². The third-order valence-electron chi connectivity index (χ3n) is 2.14. The van der Waals surface area contributed by atoms with E-state index in [1.165, 1.54) is 0 Å². The zero-order valence-electron chi connectivity index (χ0n) is 6.41. The number of hydrogen-bond acceptors (Lipinski definition) is 2. The number of aliphatic hydroxyl groups excluding tert-OH is 1. The van der Waals surface area contributed by atoms with Crippen LogP contribution < -0.4 is 5.32 Å². The molecule has 0 aliphatic carbocycles. The normalized spacial score (nSPS) is 27.8. The Bertz CT molecular complexity index is 272. The van der Waals surface area contributed by atoms with E-state index in [1.807, 2.05) is 31.2 Å². The van der Waals surface area contributed by atoms with Crippen LogP contribution in [-0.2, 0) is 0 Å². The fourth-order valence-electron chi connectivity index (χ4n) is 1.48. The Hall–Kier alpha value is -1.02. The molecule has 11 heavy (non-hydrogen) atoms. The minimum absolute atomic E-state index is 0.146. The SMILES string of the molecule is CC1Nc2ccccc2C1O. The zero-order valence-corrected chi connectivity index (χ0v) is 6.41. The van der Waals surface area contributed by atoms with Gasteiger partial charge in [0, 0.05) is 11.3 Å². The van der Waals surface area contributed by atoms with Crippen LogP contribution in [0.2, 0.25) is 0 Å². The lowest BCUT2D eigenvalue weighted by Crippen LogP contribution is -2.14. The second-order valence-corrected chi connectivity index (χ2v) is 2.97. The van der Waals surface area contributed by atoms with Crippen LogP contribution in [0.15, 0.2) is 24.3 Å². The van der Waals surface area contributed by atoms with E-state index in [-0.39, 0.29) is 12.1 Å². The van der Waals surface area contributed by atoms with Gasteiger partial charge in [-0.05, 0) is 13.0 Å². The third kappa shape index (κ3) is 0.906. The molecule has 1 aliphatic rings. The van der Waals surface area contributed by atoms with Crippen LogP contribution in [-0.4, -0.2) is 11.1 Å². The predicted molar refractivity (Wildman–Crippen MR) is 44.5 cm³/mol. The number of benzene rings is 1. The van der Waals surface area contributed by atoms with Crippen molar-refractivity contribution in [2.45, 2.75) is 19.1 Å². The fourth-order valence-corrected chi connectivity index (χ4v) is 1.48. The van der Waals surface area contributed by atoms with E-state index in [1.54, 1.807) is 0 Å². The van der Waals surface area contributed by atoms with Crippen molar-refractivity contribution in [3.8, 4) is 0 Å². The van der Waals surface area contributed by atoms with Crippen molar-refractivity contribution in [1.29, 1.82) is 0 Å². The summed E-state index contributed by atoms with van der Waals surface area (Å²) in [6, 6.07) is 8.00. The molecule has 0 radical (unpaired) electrons. The van der Waals surface area contributed by atoms with Crippen molar-refractivity contribution in [3.05, 3.63) is 29.8 Å². The van der Waals surface area contributed by atoms with Gasteiger partial charge in [-0.1, -0.05) is 18.2 Å². The van der Waals surface area contributed by atoms with Gasteiger partial charge in [-0.2, -0.15) is 0 Å². The summed E-state index contributed by atoms with van der Waals surface area (Å²) >= 11 is 0. The molecule has 0 aromatic heterocycles. The molecular weight excluding hydrogens is 138 g/mol. The van der Waals surface area contributed by atoms with Crippen LogP contribution in [0.3, 0.4) is 0 Å². The van der Waals surface area contributed by atoms with Gasteiger partial charge < -0.3 is 10.4 Å². The van der Waals surface area contributed by atoms with Crippen LogP contribution in [0.25, 0.3) is 0 Å². The van der Waals surface area contributed by atoms with Crippen molar-refractivity contribution in [2.24, 2.45) is 0 Å². The molecule has 2 atom stereocenters. The number of hydrogen-bond donors (Lipinski definition) is 2. The summed E-state index contributed by atoms with van der Waals surface area (Å²) in [7, 11) is 0. The zero-order chi connectivity index (χ0) is 7.84. The molecule has 2 rings (SSSR count). The summed E-state index contributed by atoms with van der Waals surface area (Å²) < 4.78 is 0. The first-order valence-electron chi connectivity index (χ1n) is 3.82. The maximum absolute atomic E-state index is 9.59. The first-order valence-corrected chi connectivity index (χ1v) is 3.82. The summed E-state index contributed by atoms with van der Waals surface area (Å²) in [5.41, 5.74) is 2.08. The lowest BCUT2D eigenvalue weighted by Gasteiger charge is -2.07. The molecule has 0 saturated carbocycles. The van der Waals surface area contributed by atoms with E-state index < -0.39 is 0 Å². The van der Waals surface area contributed by atoms with Crippen molar-refractivity contribution in [2.75, 3.05) is 5.32 Å². The molecule has 0 bridgehead atoms. The molecule has 0 saturated heterocycles. The van der Waals surface area contributed by atoms with Gasteiger partial charge in [-0.3, -0.25) is 0 Å². The van der Waals surface area contributed by atoms with Gasteiger partial charge in [0.1, 0.15) is 6.10 Å². The average Bonchev–Trinajstić information content (AvgIpc) is 2.30. The summed E-state index contributed by atoms with van der Waals surface area (Å²) in [5.74, 6) is 0. The molecule has 2 unspecified atom stereocenters. The first-order chi connectivity index (χ1) is 5.29. The maximum Gasteiger partial charge on any atom is 0.101 e. The Morgan fingerprint density at radius 2 is 2.09 bits per heavy atom. The Morgan fingerprint density at radius 1 is 1.36 bits per heavy atom. The molecular formula is C9H11NO. The van der Waals surface area contributed by atoms with Crippen molar-refractivity contribution in [3.63, 3.8) is 0 Å². The number of anilines is 1. The summed E-state index contributed by atoms with van der Waals surface area (Å²) in [5, 5.41) is 12.8. The highest BCUT2D eigenvalue weighted by atomic mass is 16.3. The number of fused-ring (bicyclic) bond motifs is 1. The Labute approximate surface area is 65.9 Å². The lowest BCUT2D eigenvalue weighted by molar-refractivity contribution is 0.170. The molecule has 1 aromatic rings. The molecule has 2 nitrogen and oxygen atoms in total. The third-order valence-corrected chi connectivity index (χ3v) is 2.14. The van der Waals surface area contributed by atoms with E-state index >= 15 is 0 Å². The van der Waals surface area contributed by atoms with Gasteiger partial charge >= 0.3 is 0 Å². The number of aliphatic hydroxyl groups is 1. The molecule has 2 heteroatoms. The highest BCUT2D eigenvalue weighted by Gasteiger charge is 2.25. The number of rotatable bonds is 0. The fraction of sp³-hybridized carbons (Fsp3) is 0.333. The quantitative estimate of drug-likeness (QED) is 0.586. The molecule has 0 amide bonds. The van der Waals surface area contributed by atoms with Gasteiger partial charge in [-0.15, -0.1) is 0 Å². The van der Waals surface area contributed by atoms with E-state index in [9.17, 15) is 5.11 Å². The minimum Gasteiger partial charge on any atom is -0.386 e. The van der Waals surface area contributed by atoms with E-state index in [0.717, 1.165) is 11.3 Å². The van der Waals surface area contributed by atoms with Crippen molar-refractivity contribution < 1.29 is 5.11 Å². The van der Waals surface area contributed by atoms with Crippen LogP contribution in [0.1, 0.15) is 18.6 Å². The highest BCUT2D eigenvalue weighted by molar-refractivity contribution is 5.57. The van der Waals surface area contributed by atoms with E-state index in [2.05, 4.69) is 5.32 Å². The second-order valence-electron chi connectivity index (χ2n) is 2.97. The van der Waals surface area contributed by atoms with Gasteiger partial charge in [0.25, 0.3) is 0 Å². The molecule has 1 aliphatic heterocycles. The Morgan fingerprint density at radius 3 is 2.82 bits per heavy atom. The summed E-state index contributed by atoms with van der Waals surface area (Å²) in [4.78, 5) is 0. The molecule has 1 aromatic carbocycles. The van der Waals surface area contributed by atoms with Gasteiger partial charge in [-0.25, -0.2) is 0 Å². The van der Waals surface area contributed by atoms with Crippen LogP contribution >= 0.6 is 0 Å². The molecule has 58 valence electrons. The topological polar surface area (TPSA) is 32.3 Å². The second kappa shape index (κ2) is 2.24. The van der Waals surface area contributed by atoms with Gasteiger partial charge in [0.05, 0.1) is 6.04 Å². The van der Waals surface area contributed by atoms with Crippen molar-refractivity contribution in [1.82, 2.24) is 0 Å². The molecule has 0 spiro atoms. The molecule has 1 heterocycles. The minimum atomic E-state index is -0.341. The molecule has 2 N–H and O–H groups in total. The standard InChI is InChI=1S/C9H11NO/c1-6-9(11)7-4-2-3-5-8(7)10-6/h2-6,9-11H,1H3. The van der Waals surface area contributed by atoms with Crippen molar-refractivity contribution >= 4 is 5.69 Å². The first kappa shape index (κ1) is 6.68.